The molecule has 6 heteroatoms. The molecule has 1 aromatic rings. The third-order valence-electron chi connectivity index (χ3n) is 1.87. The Bertz CT molecular complexity index is 433. The fourth-order valence-corrected chi connectivity index (χ4v) is 1.23. The van der Waals surface area contributed by atoms with Crippen molar-refractivity contribution in [3.8, 4) is 6.07 Å². The van der Waals surface area contributed by atoms with E-state index in [1.807, 2.05) is 0 Å². The molecule has 0 fully saturated rings. The lowest BCUT2D eigenvalue weighted by Gasteiger charge is -2.10. The fraction of sp³-hybridized carbons (Fsp3) is 0.200. The van der Waals surface area contributed by atoms with Gasteiger partial charge in [0.2, 0.25) is 0 Å². The highest BCUT2D eigenvalue weighted by Crippen LogP contribution is 2.27. The van der Waals surface area contributed by atoms with Gasteiger partial charge >= 0.3 is 6.18 Å². The second kappa shape index (κ2) is 4.54. The van der Waals surface area contributed by atoms with Crippen LogP contribution in [-0.2, 0) is 4.79 Å². The van der Waals surface area contributed by atoms with Gasteiger partial charge in [0, 0.05) is 5.02 Å². The minimum atomic E-state index is -5.01. The summed E-state index contributed by atoms with van der Waals surface area (Å²) in [7, 11) is 0. The van der Waals surface area contributed by atoms with Crippen LogP contribution in [0.15, 0.2) is 24.3 Å². The van der Waals surface area contributed by atoms with E-state index in [0.717, 1.165) is 0 Å². The minimum Gasteiger partial charge on any atom is -0.288 e. The number of hydrogen-bond donors (Lipinski definition) is 0. The predicted molar refractivity (Wildman–Crippen MR) is 50.9 cm³/mol. The Kier molecular flexibility index (Phi) is 3.55. The van der Waals surface area contributed by atoms with Crippen LogP contribution in [0.3, 0.4) is 0 Å². The zero-order chi connectivity index (χ0) is 12.3. The maximum atomic E-state index is 12.1. The first kappa shape index (κ1) is 12.5. The van der Waals surface area contributed by atoms with E-state index in [9.17, 15) is 18.0 Å². The van der Waals surface area contributed by atoms with E-state index < -0.39 is 17.9 Å². The normalized spacial score (nSPS) is 12.9. The SMILES string of the molecule is N#C[C@H](C(=O)C(F)(F)F)c1ccc(Cl)cc1. The zero-order valence-electron chi connectivity index (χ0n) is 7.75. The summed E-state index contributed by atoms with van der Waals surface area (Å²) in [6, 6.07) is 6.42. The van der Waals surface area contributed by atoms with Gasteiger partial charge in [0.05, 0.1) is 6.07 Å². The number of halogens is 4. The predicted octanol–water partition coefficient (Wildman–Crippen LogP) is 3.08. The molecule has 16 heavy (non-hydrogen) atoms. The van der Waals surface area contributed by atoms with E-state index in [0.29, 0.717) is 5.02 Å². The van der Waals surface area contributed by atoms with Crippen molar-refractivity contribution in [1.29, 1.82) is 5.26 Å². The van der Waals surface area contributed by atoms with Gasteiger partial charge in [-0.15, -0.1) is 0 Å². The van der Waals surface area contributed by atoms with Crippen molar-refractivity contribution >= 4 is 17.4 Å². The summed E-state index contributed by atoms with van der Waals surface area (Å²) < 4.78 is 36.4. The van der Waals surface area contributed by atoms with Gasteiger partial charge in [0.15, 0.2) is 0 Å². The van der Waals surface area contributed by atoms with E-state index in [1.165, 1.54) is 30.3 Å². The number of ketones is 1. The standard InChI is InChI=1S/C10H5ClF3NO/c11-7-3-1-6(2-4-7)8(5-15)9(16)10(12,13)14/h1-4,8H/t8-/m0/s1. The van der Waals surface area contributed by atoms with Crippen molar-refractivity contribution in [2.75, 3.05) is 0 Å². The van der Waals surface area contributed by atoms with Crippen molar-refractivity contribution < 1.29 is 18.0 Å². The Hall–Kier alpha value is -1.54. The number of benzene rings is 1. The summed E-state index contributed by atoms with van der Waals surface area (Å²) in [5, 5.41) is 8.90. The first-order chi connectivity index (χ1) is 7.36. The molecule has 0 N–H and O–H groups in total. The van der Waals surface area contributed by atoms with Crippen molar-refractivity contribution in [2.45, 2.75) is 12.1 Å². The number of hydrogen-bond acceptors (Lipinski definition) is 2. The van der Waals surface area contributed by atoms with Crippen LogP contribution in [0.2, 0.25) is 5.02 Å². The van der Waals surface area contributed by atoms with Gasteiger partial charge in [-0.05, 0) is 17.7 Å². The van der Waals surface area contributed by atoms with E-state index in [1.54, 1.807) is 0 Å². The lowest BCUT2D eigenvalue weighted by Crippen LogP contribution is -2.28. The van der Waals surface area contributed by atoms with Crippen molar-refractivity contribution in [1.82, 2.24) is 0 Å². The molecule has 0 radical (unpaired) electrons. The van der Waals surface area contributed by atoms with Gasteiger partial charge in [-0.3, -0.25) is 4.79 Å². The molecule has 0 saturated carbocycles. The van der Waals surface area contributed by atoms with E-state index in [2.05, 4.69) is 0 Å². The third-order valence-corrected chi connectivity index (χ3v) is 2.13. The molecule has 1 aromatic carbocycles. The van der Waals surface area contributed by atoms with E-state index in [4.69, 9.17) is 16.9 Å². The third kappa shape index (κ3) is 2.74. The number of alkyl halides is 3. The van der Waals surface area contributed by atoms with Gasteiger partial charge < -0.3 is 0 Å². The molecule has 0 aliphatic rings. The second-order valence-corrected chi connectivity index (χ2v) is 3.41. The highest BCUT2D eigenvalue weighted by atomic mass is 35.5. The van der Waals surface area contributed by atoms with Crippen LogP contribution in [0.5, 0.6) is 0 Å². The molecule has 2 nitrogen and oxygen atoms in total. The lowest BCUT2D eigenvalue weighted by atomic mass is 9.96. The van der Waals surface area contributed by atoms with Gasteiger partial charge in [-0.1, -0.05) is 23.7 Å². The molecule has 0 unspecified atom stereocenters. The maximum Gasteiger partial charge on any atom is 0.451 e. The van der Waals surface area contributed by atoms with Crippen molar-refractivity contribution in [3.05, 3.63) is 34.9 Å². The van der Waals surface area contributed by atoms with Crippen molar-refractivity contribution in [2.24, 2.45) is 0 Å². The summed E-state index contributed by atoms with van der Waals surface area (Å²) in [6.45, 7) is 0. The Balaban J connectivity index is 3.06. The van der Waals surface area contributed by atoms with Crippen LogP contribution >= 0.6 is 11.6 Å². The first-order valence-electron chi connectivity index (χ1n) is 4.12. The summed E-state index contributed by atoms with van der Waals surface area (Å²) >= 11 is 5.54. The summed E-state index contributed by atoms with van der Waals surface area (Å²) in [4.78, 5) is 10.9. The monoisotopic (exact) mass is 247 g/mol. The average molecular weight is 248 g/mol. The molecule has 0 aliphatic heterocycles. The highest BCUT2D eigenvalue weighted by Gasteiger charge is 2.44. The number of carbonyl (C=O) groups excluding carboxylic acids is 1. The molecule has 1 rings (SSSR count). The summed E-state index contributed by atoms with van der Waals surface area (Å²) in [6.07, 6.45) is -5.01. The van der Waals surface area contributed by atoms with Gasteiger partial charge in [-0.25, -0.2) is 0 Å². The molecule has 0 aromatic heterocycles. The van der Waals surface area contributed by atoms with E-state index >= 15 is 0 Å². The van der Waals surface area contributed by atoms with Crippen LogP contribution < -0.4 is 0 Å². The van der Waals surface area contributed by atoms with Crippen LogP contribution in [0.4, 0.5) is 13.2 Å². The largest absolute Gasteiger partial charge is 0.451 e. The number of nitriles is 1. The average Bonchev–Trinajstić information content (AvgIpc) is 2.20. The Morgan fingerprint density at radius 2 is 1.81 bits per heavy atom. The van der Waals surface area contributed by atoms with Gasteiger partial charge in [-0.2, -0.15) is 18.4 Å². The molecule has 0 aliphatic carbocycles. The molecule has 0 amide bonds. The fourth-order valence-electron chi connectivity index (χ4n) is 1.10. The van der Waals surface area contributed by atoms with Crippen LogP contribution in [0.25, 0.3) is 0 Å². The topological polar surface area (TPSA) is 40.9 Å². The number of Topliss-reactive ketones (excluding diaryl/α,β-unsaturated/α-hetero) is 1. The molecule has 84 valence electrons. The second-order valence-electron chi connectivity index (χ2n) is 2.98. The van der Waals surface area contributed by atoms with Gasteiger partial charge in [0.25, 0.3) is 5.78 Å². The quantitative estimate of drug-likeness (QED) is 0.806. The lowest BCUT2D eigenvalue weighted by molar-refractivity contribution is -0.171. The molecule has 0 spiro atoms. The number of rotatable bonds is 2. The highest BCUT2D eigenvalue weighted by molar-refractivity contribution is 6.30. The molecular weight excluding hydrogens is 243 g/mol. The zero-order valence-corrected chi connectivity index (χ0v) is 8.51. The molecule has 1 atom stereocenters. The number of nitrogens with zero attached hydrogens (tertiary/aromatic N) is 1. The van der Waals surface area contributed by atoms with E-state index in [-0.39, 0.29) is 5.56 Å². The molecular formula is C10H5ClF3NO. The summed E-state index contributed by atoms with van der Waals surface area (Å²) in [5.74, 6) is -3.91. The molecule has 0 heterocycles. The molecule has 0 bridgehead atoms. The Morgan fingerprint density at radius 3 is 2.19 bits per heavy atom. The van der Waals surface area contributed by atoms with Gasteiger partial charge in [0.1, 0.15) is 5.92 Å². The first-order valence-corrected chi connectivity index (χ1v) is 4.50. The van der Waals surface area contributed by atoms with Crippen LogP contribution in [0.1, 0.15) is 11.5 Å². The maximum absolute atomic E-state index is 12.1. The van der Waals surface area contributed by atoms with Crippen molar-refractivity contribution in [3.63, 3.8) is 0 Å². The smallest absolute Gasteiger partial charge is 0.288 e. The minimum absolute atomic E-state index is 0.0192. The van der Waals surface area contributed by atoms with Crippen LogP contribution in [-0.4, -0.2) is 12.0 Å². The number of carbonyl (C=O) groups is 1. The van der Waals surface area contributed by atoms with Crippen LogP contribution in [0, 0.1) is 11.3 Å². The Morgan fingerprint density at radius 1 is 1.31 bits per heavy atom. The Labute approximate surface area is 94.2 Å². The summed E-state index contributed by atoms with van der Waals surface area (Å²) in [5.41, 5.74) is -0.0192. The molecule has 0 saturated heterocycles.